The Morgan fingerprint density at radius 2 is 2.00 bits per heavy atom. The van der Waals surface area contributed by atoms with Gasteiger partial charge in [0, 0.05) is 38.3 Å². The van der Waals surface area contributed by atoms with Gasteiger partial charge in [0.1, 0.15) is 5.78 Å². The summed E-state index contributed by atoms with van der Waals surface area (Å²) in [7, 11) is 0. The number of rotatable bonds is 3. The van der Waals surface area contributed by atoms with E-state index in [-0.39, 0.29) is 11.7 Å². The summed E-state index contributed by atoms with van der Waals surface area (Å²) in [6.45, 7) is 7.20. The molecule has 0 aromatic heterocycles. The Labute approximate surface area is 104 Å². The Kier molecular flexibility index (Phi) is 5.21. The molecule has 0 radical (unpaired) electrons. The maximum absolute atomic E-state index is 11.9. The van der Waals surface area contributed by atoms with Gasteiger partial charge in [-0.2, -0.15) is 0 Å². The standard InChI is InChI=1S/C14H21NO2/c1-11-6-4-5-9-15(10-12(11)2)14(17)8-7-13(3)16/h11-12H,5,7-10H2,1-3H3/t11-,12-/m0/s1. The lowest BCUT2D eigenvalue weighted by Crippen LogP contribution is -2.37. The fourth-order valence-corrected chi connectivity index (χ4v) is 1.83. The molecule has 17 heavy (non-hydrogen) atoms. The third kappa shape index (κ3) is 4.60. The molecule has 3 nitrogen and oxygen atoms in total. The molecule has 0 fully saturated rings. The van der Waals surface area contributed by atoms with Crippen LogP contribution in [-0.4, -0.2) is 29.7 Å². The molecule has 1 rings (SSSR count). The van der Waals surface area contributed by atoms with Gasteiger partial charge in [-0.05, 0) is 12.8 Å². The van der Waals surface area contributed by atoms with Crippen LogP contribution >= 0.6 is 0 Å². The summed E-state index contributed by atoms with van der Waals surface area (Å²) in [5, 5.41) is 0. The van der Waals surface area contributed by atoms with Gasteiger partial charge in [0.15, 0.2) is 0 Å². The van der Waals surface area contributed by atoms with Gasteiger partial charge in [0.25, 0.3) is 0 Å². The largest absolute Gasteiger partial charge is 0.341 e. The van der Waals surface area contributed by atoms with Crippen molar-refractivity contribution >= 4 is 11.7 Å². The lowest BCUT2D eigenvalue weighted by Gasteiger charge is -2.28. The van der Waals surface area contributed by atoms with Gasteiger partial charge in [-0.15, -0.1) is 5.92 Å². The number of hydrogen-bond donors (Lipinski definition) is 0. The molecule has 0 saturated carbocycles. The van der Waals surface area contributed by atoms with E-state index < -0.39 is 0 Å². The summed E-state index contributed by atoms with van der Waals surface area (Å²) in [6.07, 6.45) is 1.43. The van der Waals surface area contributed by atoms with Gasteiger partial charge >= 0.3 is 0 Å². The van der Waals surface area contributed by atoms with E-state index in [1.165, 1.54) is 6.92 Å². The number of ketones is 1. The molecular weight excluding hydrogens is 214 g/mol. The van der Waals surface area contributed by atoms with Crippen LogP contribution in [0.4, 0.5) is 0 Å². The van der Waals surface area contributed by atoms with E-state index in [2.05, 4.69) is 25.7 Å². The fraction of sp³-hybridized carbons (Fsp3) is 0.714. The summed E-state index contributed by atoms with van der Waals surface area (Å²) in [5.74, 6) is 7.19. The van der Waals surface area contributed by atoms with E-state index >= 15 is 0 Å². The van der Waals surface area contributed by atoms with Crippen molar-refractivity contribution in [2.75, 3.05) is 13.1 Å². The number of amides is 1. The van der Waals surface area contributed by atoms with Gasteiger partial charge < -0.3 is 9.69 Å². The lowest BCUT2D eigenvalue weighted by atomic mass is 9.94. The predicted molar refractivity (Wildman–Crippen MR) is 67.2 cm³/mol. The molecule has 0 N–H and O–H groups in total. The van der Waals surface area contributed by atoms with E-state index in [0.29, 0.717) is 31.2 Å². The third-order valence-electron chi connectivity index (χ3n) is 3.24. The first-order chi connectivity index (χ1) is 8.00. The van der Waals surface area contributed by atoms with Crippen LogP contribution in [0, 0.1) is 23.7 Å². The zero-order chi connectivity index (χ0) is 12.8. The number of carbonyl (C=O) groups is 2. The van der Waals surface area contributed by atoms with Crippen molar-refractivity contribution < 1.29 is 9.59 Å². The molecule has 2 atom stereocenters. The number of hydrogen-bond acceptors (Lipinski definition) is 2. The van der Waals surface area contributed by atoms with Crippen molar-refractivity contribution in [2.45, 2.75) is 40.0 Å². The van der Waals surface area contributed by atoms with E-state index in [1.807, 2.05) is 4.90 Å². The first-order valence-electron chi connectivity index (χ1n) is 6.26. The Morgan fingerprint density at radius 3 is 2.65 bits per heavy atom. The summed E-state index contributed by atoms with van der Waals surface area (Å²) in [4.78, 5) is 24.7. The third-order valence-corrected chi connectivity index (χ3v) is 3.24. The van der Waals surface area contributed by atoms with Crippen LogP contribution in [0.25, 0.3) is 0 Å². The van der Waals surface area contributed by atoms with E-state index in [0.717, 1.165) is 13.0 Å². The van der Waals surface area contributed by atoms with Crippen LogP contribution < -0.4 is 0 Å². The quantitative estimate of drug-likeness (QED) is 0.700. The molecule has 0 bridgehead atoms. The highest BCUT2D eigenvalue weighted by atomic mass is 16.2. The SMILES string of the molecule is CC(=O)CCC(=O)N1CCC#C[C@H](C)[C@@H](C)C1. The van der Waals surface area contributed by atoms with Gasteiger partial charge in [0.05, 0.1) is 0 Å². The van der Waals surface area contributed by atoms with Crippen molar-refractivity contribution in [2.24, 2.45) is 11.8 Å². The molecule has 0 spiro atoms. The number of carbonyl (C=O) groups excluding carboxylic acids is 2. The maximum atomic E-state index is 11.9. The highest BCUT2D eigenvalue weighted by molar-refractivity contribution is 5.83. The topological polar surface area (TPSA) is 37.4 Å². The minimum atomic E-state index is 0.0756. The van der Waals surface area contributed by atoms with Crippen molar-refractivity contribution in [1.82, 2.24) is 4.90 Å². The average Bonchev–Trinajstić information content (AvgIpc) is 2.27. The summed E-state index contributed by atoms with van der Waals surface area (Å²) < 4.78 is 0. The van der Waals surface area contributed by atoms with E-state index in [1.54, 1.807) is 0 Å². The van der Waals surface area contributed by atoms with Crippen LogP contribution in [0.5, 0.6) is 0 Å². The molecule has 1 heterocycles. The minimum Gasteiger partial charge on any atom is -0.341 e. The zero-order valence-electron chi connectivity index (χ0n) is 11.0. The smallest absolute Gasteiger partial charge is 0.223 e. The lowest BCUT2D eigenvalue weighted by molar-refractivity contribution is -0.133. The van der Waals surface area contributed by atoms with Gasteiger partial charge in [-0.3, -0.25) is 4.79 Å². The van der Waals surface area contributed by atoms with Crippen molar-refractivity contribution in [3.63, 3.8) is 0 Å². The minimum absolute atomic E-state index is 0.0756. The molecule has 0 aliphatic carbocycles. The fourth-order valence-electron chi connectivity index (χ4n) is 1.83. The average molecular weight is 235 g/mol. The summed E-state index contributed by atoms with van der Waals surface area (Å²) in [6, 6.07) is 0. The van der Waals surface area contributed by atoms with Crippen LogP contribution in [0.3, 0.4) is 0 Å². The maximum Gasteiger partial charge on any atom is 0.223 e. The first kappa shape index (κ1) is 13.8. The highest BCUT2D eigenvalue weighted by Gasteiger charge is 2.20. The Bertz CT molecular complexity index is 351. The van der Waals surface area contributed by atoms with Crippen LogP contribution in [0.1, 0.15) is 40.0 Å². The second kappa shape index (κ2) is 6.44. The van der Waals surface area contributed by atoms with Gasteiger partial charge in [0.2, 0.25) is 5.91 Å². The van der Waals surface area contributed by atoms with Crippen LogP contribution in [0.2, 0.25) is 0 Å². The van der Waals surface area contributed by atoms with E-state index in [4.69, 9.17) is 0 Å². The van der Waals surface area contributed by atoms with Crippen molar-refractivity contribution in [1.29, 1.82) is 0 Å². The van der Waals surface area contributed by atoms with Gasteiger partial charge in [-0.1, -0.05) is 19.8 Å². The normalized spacial score (nSPS) is 24.3. The van der Waals surface area contributed by atoms with Gasteiger partial charge in [-0.25, -0.2) is 0 Å². The molecule has 1 aliphatic heterocycles. The second-order valence-corrected chi connectivity index (χ2v) is 4.88. The Morgan fingerprint density at radius 1 is 1.29 bits per heavy atom. The Balaban J connectivity index is 2.56. The monoisotopic (exact) mass is 235 g/mol. The van der Waals surface area contributed by atoms with Crippen LogP contribution in [-0.2, 0) is 9.59 Å². The molecule has 0 unspecified atom stereocenters. The summed E-state index contributed by atoms with van der Waals surface area (Å²) in [5.41, 5.74) is 0. The zero-order valence-corrected chi connectivity index (χ0v) is 11.0. The second-order valence-electron chi connectivity index (χ2n) is 4.88. The number of Topliss-reactive ketones (excluding diaryl/α,β-unsaturated/α-hetero) is 1. The molecule has 1 amide bonds. The molecule has 1 aliphatic rings. The first-order valence-corrected chi connectivity index (χ1v) is 6.26. The predicted octanol–water partition coefficient (Wildman–Crippen LogP) is 1.86. The highest BCUT2D eigenvalue weighted by Crippen LogP contribution is 2.15. The molecule has 3 heteroatoms. The molecule has 0 aromatic rings. The van der Waals surface area contributed by atoms with Crippen molar-refractivity contribution in [3.8, 4) is 11.8 Å². The molecule has 94 valence electrons. The Hall–Kier alpha value is -1.30. The molecule has 0 aromatic carbocycles. The molecule has 0 saturated heterocycles. The van der Waals surface area contributed by atoms with Crippen molar-refractivity contribution in [3.05, 3.63) is 0 Å². The molecular formula is C14H21NO2. The van der Waals surface area contributed by atoms with E-state index in [9.17, 15) is 9.59 Å². The summed E-state index contributed by atoms with van der Waals surface area (Å²) >= 11 is 0. The number of nitrogens with zero attached hydrogens (tertiary/aromatic N) is 1. The van der Waals surface area contributed by atoms with Crippen LogP contribution in [0.15, 0.2) is 0 Å².